The largest absolute Gasteiger partial charge is 0.247 e. The van der Waals surface area contributed by atoms with Crippen LogP contribution in [0.25, 0.3) is 0 Å². The predicted molar refractivity (Wildman–Crippen MR) is 64.7 cm³/mol. The molecule has 0 aromatic rings. The summed E-state index contributed by atoms with van der Waals surface area (Å²) in [5.74, 6) is 0.698. The first kappa shape index (κ1) is 12.7. The summed E-state index contributed by atoms with van der Waals surface area (Å²) in [6, 6.07) is 0. The monoisotopic (exact) mass is 212 g/mol. The fourth-order valence-corrected chi connectivity index (χ4v) is 2.60. The van der Waals surface area contributed by atoms with Crippen molar-refractivity contribution in [2.75, 3.05) is 0 Å². The van der Waals surface area contributed by atoms with E-state index in [-0.39, 0.29) is 5.41 Å². The second kappa shape index (κ2) is 5.14. The van der Waals surface area contributed by atoms with E-state index >= 15 is 0 Å². The molecule has 1 heteroatoms. The Hall–Kier alpha value is -0.330. The van der Waals surface area contributed by atoms with E-state index in [9.17, 15) is 4.39 Å². The molecule has 0 unspecified atom stereocenters. The lowest BCUT2D eigenvalue weighted by atomic mass is 9.69. The van der Waals surface area contributed by atoms with E-state index < -0.39 is 6.17 Å². The number of alkyl halides is 1. The predicted octanol–water partition coefficient (Wildman–Crippen LogP) is 4.90. The van der Waals surface area contributed by atoms with Gasteiger partial charge < -0.3 is 0 Å². The minimum absolute atomic E-state index is 0.159. The molecule has 0 bridgehead atoms. The van der Waals surface area contributed by atoms with Crippen LogP contribution in [0.2, 0.25) is 0 Å². The molecule has 0 amide bonds. The molecule has 0 aromatic heterocycles. The first-order valence-corrected chi connectivity index (χ1v) is 6.36. The van der Waals surface area contributed by atoms with Crippen LogP contribution in [0, 0.1) is 11.3 Å². The van der Waals surface area contributed by atoms with Gasteiger partial charge in [0.2, 0.25) is 0 Å². The summed E-state index contributed by atoms with van der Waals surface area (Å²) in [4.78, 5) is 0. The molecule has 1 aliphatic carbocycles. The van der Waals surface area contributed by atoms with Crippen LogP contribution in [-0.4, -0.2) is 6.17 Å². The van der Waals surface area contributed by atoms with Gasteiger partial charge >= 0.3 is 0 Å². The zero-order chi connectivity index (χ0) is 11.5. The van der Waals surface area contributed by atoms with Gasteiger partial charge in [-0.2, -0.15) is 0 Å². The van der Waals surface area contributed by atoms with Crippen molar-refractivity contribution < 1.29 is 4.39 Å². The van der Waals surface area contributed by atoms with Crippen molar-refractivity contribution in [3.8, 4) is 0 Å². The Labute approximate surface area is 94.0 Å². The lowest BCUT2D eigenvalue weighted by Gasteiger charge is -2.37. The lowest BCUT2D eigenvalue weighted by Crippen LogP contribution is -2.27. The van der Waals surface area contributed by atoms with Crippen LogP contribution < -0.4 is 0 Å². The minimum atomic E-state index is -0.623. The zero-order valence-electron chi connectivity index (χ0n) is 10.6. The van der Waals surface area contributed by atoms with Gasteiger partial charge in [0, 0.05) is 0 Å². The highest BCUT2D eigenvalue weighted by atomic mass is 19.1. The van der Waals surface area contributed by atoms with Crippen molar-refractivity contribution in [1.82, 2.24) is 0 Å². The third-order valence-electron chi connectivity index (χ3n) is 4.16. The van der Waals surface area contributed by atoms with Gasteiger partial charge in [0.05, 0.1) is 0 Å². The molecule has 0 N–H and O–H groups in total. The fraction of sp³-hybridized carbons (Fsp3) is 0.857. The van der Waals surface area contributed by atoms with E-state index in [1.165, 1.54) is 18.4 Å². The first-order valence-electron chi connectivity index (χ1n) is 6.36. The third kappa shape index (κ3) is 3.06. The maximum absolute atomic E-state index is 13.5. The molecule has 0 fully saturated rings. The Morgan fingerprint density at radius 3 is 2.67 bits per heavy atom. The van der Waals surface area contributed by atoms with Crippen molar-refractivity contribution in [1.29, 1.82) is 0 Å². The van der Waals surface area contributed by atoms with E-state index in [1.807, 2.05) is 6.92 Å². The Morgan fingerprint density at radius 1 is 1.53 bits per heavy atom. The molecule has 88 valence electrons. The maximum Gasteiger partial charge on any atom is 0.101 e. The summed E-state index contributed by atoms with van der Waals surface area (Å²) in [5, 5.41) is 0. The van der Waals surface area contributed by atoms with E-state index in [0.29, 0.717) is 12.3 Å². The SMILES string of the molecule is CC[C@@H](F)C[C@@]1(CC)C=C(C)[C@H](C)CC1. The number of allylic oxidation sites excluding steroid dienone is 2. The molecule has 3 atom stereocenters. The second-order valence-corrected chi connectivity index (χ2v) is 5.25. The number of rotatable bonds is 4. The molecule has 15 heavy (non-hydrogen) atoms. The molecule has 0 heterocycles. The van der Waals surface area contributed by atoms with Gasteiger partial charge in [-0.25, -0.2) is 4.39 Å². The molecule has 0 spiro atoms. The number of hydrogen-bond acceptors (Lipinski definition) is 0. The standard InChI is InChI=1S/C14H25F/c1-5-13(15)10-14(6-2)8-7-11(3)12(4)9-14/h9,11,13H,5-8,10H2,1-4H3/t11-,13-,14-/m1/s1. The third-order valence-corrected chi connectivity index (χ3v) is 4.16. The van der Waals surface area contributed by atoms with Crippen LogP contribution in [0.5, 0.6) is 0 Å². The van der Waals surface area contributed by atoms with Gasteiger partial charge in [0.1, 0.15) is 6.17 Å². The molecular weight excluding hydrogens is 187 g/mol. The van der Waals surface area contributed by atoms with Crippen LogP contribution >= 0.6 is 0 Å². The lowest BCUT2D eigenvalue weighted by molar-refractivity contribution is 0.179. The number of halogens is 1. The summed E-state index contributed by atoms with van der Waals surface area (Å²) in [7, 11) is 0. The van der Waals surface area contributed by atoms with Gasteiger partial charge in [0.15, 0.2) is 0 Å². The Balaban J connectivity index is 2.77. The minimum Gasteiger partial charge on any atom is -0.247 e. The van der Waals surface area contributed by atoms with Crippen LogP contribution in [0.15, 0.2) is 11.6 Å². The molecular formula is C14H25F. The van der Waals surface area contributed by atoms with E-state index in [1.54, 1.807) is 0 Å². The van der Waals surface area contributed by atoms with Gasteiger partial charge in [-0.15, -0.1) is 0 Å². The van der Waals surface area contributed by atoms with Crippen molar-refractivity contribution in [3.05, 3.63) is 11.6 Å². The summed E-state index contributed by atoms with van der Waals surface area (Å²) in [6.07, 6.45) is 6.60. The molecule has 0 saturated carbocycles. The molecule has 0 aromatic carbocycles. The first-order chi connectivity index (χ1) is 7.03. The maximum atomic E-state index is 13.5. The number of hydrogen-bond donors (Lipinski definition) is 0. The van der Waals surface area contributed by atoms with Crippen molar-refractivity contribution in [2.45, 2.75) is 66.0 Å². The van der Waals surface area contributed by atoms with Crippen LogP contribution in [0.3, 0.4) is 0 Å². The Morgan fingerprint density at radius 2 is 2.20 bits per heavy atom. The van der Waals surface area contributed by atoms with Crippen molar-refractivity contribution >= 4 is 0 Å². The quantitative estimate of drug-likeness (QED) is 0.582. The molecule has 1 aliphatic rings. The highest BCUT2D eigenvalue weighted by Gasteiger charge is 2.32. The topological polar surface area (TPSA) is 0 Å². The molecule has 0 radical (unpaired) electrons. The van der Waals surface area contributed by atoms with Gasteiger partial charge in [-0.05, 0) is 50.4 Å². The second-order valence-electron chi connectivity index (χ2n) is 5.25. The van der Waals surface area contributed by atoms with E-state index in [2.05, 4.69) is 26.8 Å². The van der Waals surface area contributed by atoms with Crippen molar-refractivity contribution in [2.24, 2.45) is 11.3 Å². The van der Waals surface area contributed by atoms with Gasteiger partial charge in [-0.1, -0.05) is 32.4 Å². The summed E-state index contributed by atoms with van der Waals surface area (Å²) < 4.78 is 13.5. The average Bonchev–Trinajstić information content (AvgIpc) is 2.23. The Kier molecular flexibility index (Phi) is 4.36. The van der Waals surface area contributed by atoms with Crippen LogP contribution in [0.1, 0.15) is 59.8 Å². The summed E-state index contributed by atoms with van der Waals surface area (Å²) in [5.41, 5.74) is 1.62. The smallest absolute Gasteiger partial charge is 0.101 e. The Bertz CT molecular complexity index is 231. The average molecular weight is 212 g/mol. The van der Waals surface area contributed by atoms with Crippen LogP contribution in [0.4, 0.5) is 4.39 Å². The van der Waals surface area contributed by atoms with Gasteiger partial charge in [-0.3, -0.25) is 0 Å². The van der Waals surface area contributed by atoms with Gasteiger partial charge in [0.25, 0.3) is 0 Å². The highest BCUT2D eigenvalue weighted by Crippen LogP contribution is 2.43. The summed E-state index contributed by atoms with van der Waals surface area (Å²) in [6.45, 7) is 8.61. The summed E-state index contributed by atoms with van der Waals surface area (Å²) >= 11 is 0. The molecule has 1 rings (SSSR count). The zero-order valence-corrected chi connectivity index (χ0v) is 10.6. The van der Waals surface area contributed by atoms with E-state index in [0.717, 1.165) is 12.8 Å². The fourth-order valence-electron chi connectivity index (χ4n) is 2.60. The molecule has 0 aliphatic heterocycles. The molecule has 0 nitrogen and oxygen atoms in total. The molecule has 0 saturated heterocycles. The normalized spacial score (nSPS) is 33.7. The van der Waals surface area contributed by atoms with Crippen molar-refractivity contribution in [3.63, 3.8) is 0 Å². The van der Waals surface area contributed by atoms with E-state index in [4.69, 9.17) is 0 Å². The van der Waals surface area contributed by atoms with Crippen LogP contribution in [-0.2, 0) is 0 Å². The highest BCUT2D eigenvalue weighted by molar-refractivity contribution is 5.14.